The molecule has 0 unspecified atom stereocenters. The normalized spacial score (nSPS) is 27.2. The average molecular weight is 391 g/mol. The van der Waals surface area contributed by atoms with E-state index < -0.39 is 11.8 Å². The summed E-state index contributed by atoms with van der Waals surface area (Å²) >= 11 is 3.64. The fraction of sp³-hybridized carbons (Fsp3) is 0.421. The fourth-order valence-electron chi connectivity index (χ4n) is 4.79. The van der Waals surface area contributed by atoms with Crippen molar-refractivity contribution in [3.8, 4) is 0 Å². The smallest absolute Gasteiger partial charge is 0.306 e. The molecule has 0 amide bonds. The molecule has 1 fully saturated rings. The van der Waals surface area contributed by atoms with Crippen LogP contribution in [0.25, 0.3) is 10.8 Å². The van der Waals surface area contributed by atoms with Crippen molar-refractivity contribution < 1.29 is 19.4 Å². The molecule has 2 aromatic carbocycles. The van der Waals surface area contributed by atoms with Gasteiger partial charge in [0.25, 0.3) is 0 Å². The third-order valence-corrected chi connectivity index (χ3v) is 6.49. The standard InChI is InChI=1S/C19H19BrO4/c1-23-19(24-2)14-8-10(18(21)22)9-15(19)12-6-7-16(20)13-5-3-4-11(14)17(12)13/h3-7,10,14-15H,8-9H2,1-2H3,(H,21,22)/t10-,14-,15+/m0/s1. The third-order valence-electron chi connectivity index (χ3n) is 5.80. The minimum absolute atomic E-state index is 0.0992. The fourth-order valence-corrected chi connectivity index (χ4v) is 5.25. The molecule has 0 aromatic heterocycles. The number of ether oxygens (including phenoxy) is 2. The monoisotopic (exact) mass is 390 g/mol. The highest BCUT2D eigenvalue weighted by Gasteiger charge is 2.57. The molecule has 4 rings (SSSR count). The SMILES string of the molecule is COC1(OC)[C@@H]2C[C@@H](C(=O)O)C[C@H]1c1cccc3c(Br)ccc2c13. The molecule has 2 aromatic rings. The van der Waals surface area contributed by atoms with Gasteiger partial charge in [0.1, 0.15) is 0 Å². The highest BCUT2D eigenvalue weighted by molar-refractivity contribution is 9.10. The van der Waals surface area contributed by atoms with Gasteiger partial charge >= 0.3 is 5.97 Å². The minimum atomic E-state index is -0.805. The van der Waals surface area contributed by atoms with E-state index in [1.807, 2.05) is 12.1 Å². The zero-order chi connectivity index (χ0) is 17.1. The van der Waals surface area contributed by atoms with E-state index in [-0.39, 0.29) is 17.8 Å². The van der Waals surface area contributed by atoms with Crippen molar-refractivity contribution in [1.29, 1.82) is 0 Å². The highest BCUT2D eigenvalue weighted by Crippen LogP contribution is 2.59. The number of carboxylic acids is 1. The lowest BCUT2D eigenvalue weighted by molar-refractivity contribution is -0.254. The predicted molar refractivity (Wildman–Crippen MR) is 94.2 cm³/mol. The summed E-state index contributed by atoms with van der Waals surface area (Å²) in [5.41, 5.74) is 2.24. The summed E-state index contributed by atoms with van der Waals surface area (Å²) in [4.78, 5) is 11.7. The Morgan fingerprint density at radius 3 is 2.33 bits per heavy atom. The van der Waals surface area contributed by atoms with Crippen LogP contribution in [0.3, 0.4) is 0 Å². The van der Waals surface area contributed by atoms with Crippen molar-refractivity contribution in [3.63, 3.8) is 0 Å². The Hall–Kier alpha value is -1.43. The molecule has 0 radical (unpaired) electrons. The van der Waals surface area contributed by atoms with Gasteiger partial charge in [-0.3, -0.25) is 4.79 Å². The molecule has 0 saturated heterocycles. The molecular formula is C19H19BrO4. The maximum Gasteiger partial charge on any atom is 0.306 e. The Bertz CT molecular complexity index is 805. The molecular weight excluding hydrogens is 372 g/mol. The average Bonchev–Trinajstić information content (AvgIpc) is 2.59. The third kappa shape index (κ3) is 1.95. The summed E-state index contributed by atoms with van der Waals surface area (Å²) < 4.78 is 12.9. The van der Waals surface area contributed by atoms with E-state index in [9.17, 15) is 9.90 Å². The summed E-state index contributed by atoms with van der Waals surface area (Å²) in [6.45, 7) is 0. The molecule has 2 aliphatic rings. The summed E-state index contributed by atoms with van der Waals surface area (Å²) in [7, 11) is 3.32. The van der Waals surface area contributed by atoms with Crippen LogP contribution in [0, 0.1) is 5.92 Å². The van der Waals surface area contributed by atoms with Gasteiger partial charge < -0.3 is 14.6 Å². The van der Waals surface area contributed by atoms with Crippen molar-refractivity contribution in [2.75, 3.05) is 14.2 Å². The zero-order valence-electron chi connectivity index (χ0n) is 13.6. The number of carboxylic acid groups (broad SMARTS) is 1. The van der Waals surface area contributed by atoms with Crippen molar-refractivity contribution in [2.24, 2.45) is 5.92 Å². The molecule has 0 spiro atoms. The zero-order valence-corrected chi connectivity index (χ0v) is 15.2. The van der Waals surface area contributed by atoms with Crippen molar-refractivity contribution in [3.05, 3.63) is 45.9 Å². The van der Waals surface area contributed by atoms with Gasteiger partial charge in [0.2, 0.25) is 0 Å². The van der Waals surface area contributed by atoms with E-state index in [4.69, 9.17) is 9.47 Å². The summed E-state index contributed by atoms with van der Waals surface area (Å²) in [6, 6.07) is 10.3. The quantitative estimate of drug-likeness (QED) is 0.795. The first kappa shape index (κ1) is 16.1. The lowest BCUT2D eigenvalue weighted by atomic mass is 9.61. The van der Waals surface area contributed by atoms with Gasteiger partial charge in [-0.25, -0.2) is 0 Å². The molecule has 5 heteroatoms. The van der Waals surface area contributed by atoms with Crippen molar-refractivity contribution in [2.45, 2.75) is 30.5 Å². The molecule has 1 saturated carbocycles. The number of rotatable bonds is 3. The molecule has 0 heterocycles. The van der Waals surface area contributed by atoms with E-state index >= 15 is 0 Å². The lowest BCUT2D eigenvalue weighted by Crippen LogP contribution is -2.53. The highest BCUT2D eigenvalue weighted by atomic mass is 79.9. The first-order valence-electron chi connectivity index (χ1n) is 8.07. The molecule has 4 nitrogen and oxygen atoms in total. The van der Waals surface area contributed by atoms with Gasteiger partial charge in [-0.2, -0.15) is 0 Å². The number of carbonyl (C=O) groups is 1. The van der Waals surface area contributed by atoms with Crippen LogP contribution >= 0.6 is 15.9 Å². The molecule has 24 heavy (non-hydrogen) atoms. The van der Waals surface area contributed by atoms with Gasteiger partial charge in [-0.15, -0.1) is 0 Å². The number of methoxy groups -OCH3 is 2. The first-order valence-corrected chi connectivity index (χ1v) is 8.87. The number of benzene rings is 2. The van der Waals surface area contributed by atoms with E-state index in [1.165, 1.54) is 5.39 Å². The van der Waals surface area contributed by atoms with Crippen molar-refractivity contribution >= 4 is 32.7 Å². The number of fused-ring (bicyclic) bond motifs is 4. The van der Waals surface area contributed by atoms with E-state index in [0.29, 0.717) is 12.8 Å². The van der Waals surface area contributed by atoms with Crippen LogP contribution in [-0.2, 0) is 14.3 Å². The topological polar surface area (TPSA) is 55.8 Å². The van der Waals surface area contributed by atoms with E-state index in [1.54, 1.807) is 14.2 Å². The molecule has 2 aliphatic carbocycles. The lowest BCUT2D eigenvalue weighted by Gasteiger charge is -2.52. The van der Waals surface area contributed by atoms with Gasteiger partial charge in [0, 0.05) is 30.5 Å². The van der Waals surface area contributed by atoms with Gasteiger partial charge in [0.15, 0.2) is 5.79 Å². The maximum atomic E-state index is 11.7. The number of hydrogen-bond acceptors (Lipinski definition) is 3. The maximum absolute atomic E-state index is 11.7. The van der Waals surface area contributed by atoms with Crippen LogP contribution in [0.15, 0.2) is 34.8 Å². The Balaban J connectivity index is 2.04. The second kappa shape index (κ2) is 5.55. The van der Waals surface area contributed by atoms with Crippen LogP contribution in [0.5, 0.6) is 0 Å². The predicted octanol–water partition coefficient (Wildman–Crippen LogP) is 4.27. The van der Waals surface area contributed by atoms with Crippen LogP contribution < -0.4 is 0 Å². The molecule has 1 N–H and O–H groups in total. The Labute approximate surface area is 148 Å². The van der Waals surface area contributed by atoms with Gasteiger partial charge in [0.05, 0.1) is 5.92 Å². The van der Waals surface area contributed by atoms with E-state index in [2.05, 4.69) is 34.1 Å². The Morgan fingerprint density at radius 2 is 1.75 bits per heavy atom. The number of aliphatic carboxylic acids is 1. The molecule has 3 atom stereocenters. The summed E-state index contributed by atoms with van der Waals surface area (Å²) in [6.07, 6.45) is 1.05. The Morgan fingerprint density at radius 1 is 1.12 bits per heavy atom. The van der Waals surface area contributed by atoms with E-state index in [0.717, 1.165) is 21.0 Å². The van der Waals surface area contributed by atoms with Crippen LogP contribution in [0.4, 0.5) is 0 Å². The molecule has 2 bridgehead atoms. The molecule has 126 valence electrons. The van der Waals surface area contributed by atoms with Crippen LogP contribution in [0.2, 0.25) is 0 Å². The van der Waals surface area contributed by atoms with Gasteiger partial charge in [-0.1, -0.05) is 40.2 Å². The number of halogens is 1. The summed E-state index contributed by atoms with van der Waals surface area (Å²) in [5.74, 6) is -2.12. The van der Waals surface area contributed by atoms with Crippen LogP contribution in [-0.4, -0.2) is 31.1 Å². The van der Waals surface area contributed by atoms with Gasteiger partial charge in [-0.05, 0) is 40.8 Å². The Kier molecular flexibility index (Phi) is 3.71. The largest absolute Gasteiger partial charge is 0.481 e. The second-order valence-electron chi connectivity index (χ2n) is 6.65. The molecule has 0 aliphatic heterocycles. The second-order valence-corrected chi connectivity index (χ2v) is 7.50. The number of hydrogen-bond donors (Lipinski definition) is 1. The van der Waals surface area contributed by atoms with Crippen molar-refractivity contribution in [1.82, 2.24) is 0 Å². The van der Waals surface area contributed by atoms with Crippen LogP contribution in [0.1, 0.15) is 35.8 Å². The summed E-state index contributed by atoms with van der Waals surface area (Å²) in [5, 5.41) is 12.0. The first-order chi connectivity index (χ1) is 11.5. The minimum Gasteiger partial charge on any atom is -0.481 e.